The molecule has 1 saturated heterocycles. The van der Waals surface area contributed by atoms with Gasteiger partial charge in [0.25, 0.3) is 5.91 Å². The highest BCUT2D eigenvalue weighted by atomic mass is 19.1. The van der Waals surface area contributed by atoms with Crippen LogP contribution in [-0.2, 0) is 16.6 Å². The fraction of sp³-hybridized carbons (Fsp3) is 0.417. The minimum Gasteiger partial charge on any atom is -0.368 e. The molecule has 1 aromatic heterocycles. The molecular formula is C24H30F2N6O4. The maximum Gasteiger partial charge on any atom is 0.319 e. The Morgan fingerprint density at radius 2 is 1.89 bits per heavy atom. The topological polar surface area (TPSA) is 139 Å². The fourth-order valence-electron chi connectivity index (χ4n) is 4.16. The molecule has 2 heterocycles. The van der Waals surface area contributed by atoms with Crippen molar-refractivity contribution in [3.8, 4) is 0 Å². The lowest BCUT2D eigenvalue weighted by molar-refractivity contribution is -0.130. The van der Waals surface area contributed by atoms with E-state index < -0.39 is 53.5 Å². The largest absolute Gasteiger partial charge is 0.368 e. The van der Waals surface area contributed by atoms with Gasteiger partial charge in [-0.3, -0.25) is 14.4 Å². The molecule has 1 aliphatic heterocycles. The van der Waals surface area contributed by atoms with E-state index in [1.54, 1.807) is 29.9 Å². The fourth-order valence-corrected chi connectivity index (χ4v) is 4.16. The number of nitrogens with one attached hydrogen (secondary N) is 3. The molecule has 194 valence electrons. The van der Waals surface area contributed by atoms with Gasteiger partial charge in [0.1, 0.15) is 29.4 Å². The molecule has 0 radical (unpaired) electrons. The number of nitrogens with two attached hydrogens (primary N) is 1. The first-order valence-electron chi connectivity index (χ1n) is 11.5. The number of halogens is 2. The van der Waals surface area contributed by atoms with Gasteiger partial charge in [0.15, 0.2) is 0 Å². The third-order valence-electron chi connectivity index (χ3n) is 5.91. The van der Waals surface area contributed by atoms with E-state index in [-0.39, 0.29) is 24.6 Å². The average molecular weight is 505 g/mol. The standard InChI is InChI=1S/C24H30F2N6O4/c1-13(2)9-18(21(27)33)29-22(34)20-11-15(12-32(20)23(35)19-5-4-8-31(19)3)28-24(36)30-17-7-6-14(25)10-16(17)26/h4-8,10,13,15,18,20H,9,11-12H2,1-3H3,(H2,27,33)(H,29,34)(H2,28,30,36)/t15-,18-,20+/m0/s1. The van der Waals surface area contributed by atoms with Gasteiger partial charge in [-0.15, -0.1) is 0 Å². The number of amides is 5. The number of benzene rings is 1. The van der Waals surface area contributed by atoms with Crippen LogP contribution in [0.2, 0.25) is 0 Å². The smallest absolute Gasteiger partial charge is 0.319 e. The molecule has 3 atom stereocenters. The molecule has 5 N–H and O–H groups in total. The van der Waals surface area contributed by atoms with E-state index in [0.29, 0.717) is 18.2 Å². The molecule has 5 amide bonds. The summed E-state index contributed by atoms with van der Waals surface area (Å²) in [5.41, 5.74) is 5.56. The Morgan fingerprint density at radius 3 is 2.47 bits per heavy atom. The van der Waals surface area contributed by atoms with Crippen LogP contribution in [0.3, 0.4) is 0 Å². The number of hydrogen-bond donors (Lipinski definition) is 4. The minimum absolute atomic E-state index is 0.00710. The van der Waals surface area contributed by atoms with Crippen LogP contribution in [0.25, 0.3) is 0 Å². The highest BCUT2D eigenvalue weighted by Crippen LogP contribution is 2.22. The number of likely N-dealkylation sites (tertiary alicyclic amines) is 1. The molecule has 12 heteroatoms. The summed E-state index contributed by atoms with van der Waals surface area (Å²) >= 11 is 0. The predicted molar refractivity (Wildman–Crippen MR) is 128 cm³/mol. The van der Waals surface area contributed by atoms with Crippen LogP contribution in [0.5, 0.6) is 0 Å². The van der Waals surface area contributed by atoms with Crippen molar-refractivity contribution in [2.75, 3.05) is 11.9 Å². The molecule has 0 bridgehead atoms. The summed E-state index contributed by atoms with van der Waals surface area (Å²) < 4.78 is 28.6. The van der Waals surface area contributed by atoms with Crippen molar-refractivity contribution in [1.82, 2.24) is 20.1 Å². The number of anilines is 1. The zero-order valence-corrected chi connectivity index (χ0v) is 20.3. The van der Waals surface area contributed by atoms with E-state index in [1.807, 2.05) is 13.8 Å². The van der Waals surface area contributed by atoms with Gasteiger partial charge in [0.05, 0.1) is 11.7 Å². The lowest BCUT2D eigenvalue weighted by atomic mass is 10.0. The van der Waals surface area contributed by atoms with Gasteiger partial charge in [-0.1, -0.05) is 13.8 Å². The second kappa shape index (κ2) is 11.2. The number of primary amides is 1. The van der Waals surface area contributed by atoms with E-state index in [0.717, 1.165) is 12.1 Å². The second-order valence-electron chi connectivity index (χ2n) is 9.23. The van der Waals surface area contributed by atoms with Gasteiger partial charge in [0, 0.05) is 25.9 Å². The molecule has 1 aromatic carbocycles. The Kier molecular flexibility index (Phi) is 8.28. The van der Waals surface area contributed by atoms with E-state index in [9.17, 15) is 28.0 Å². The van der Waals surface area contributed by atoms with Crippen LogP contribution < -0.4 is 21.7 Å². The van der Waals surface area contributed by atoms with Crippen molar-refractivity contribution in [3.63, 3.8) is 0 Å². The Balaban J connectivity index is 1.77. The summed E-state index contributed by atoms with van der Waals surface area (Å²) in [7, 11) is 1.69. The van der Waals surface area contributed by atoms with Gasteiger partial charge in [-0.2, -0.15) is 0 Å². The Labute approximate surface area is 207 Å². The molecule has 1 aliphatic rings. The number of urea groups is 1. The summed E-state index contributed by atoms with van der Waals surface area (Å²) in [4.78, 5) is 52.1. The molecule has 36 heavy (non-hydrogen) atoms. The van der Waals surface area contributed by atoms with Crippen molar-refractivity contribution < 1.29 is 28.0 Å². The van der Waals surface area contributed by atoms with Crippen molar-refractivity contribution in [3.05, 3.63) is 53.9 Å². The van der Waals surface area contributed by atoms with Crippen molar-refractivity contribution >= 4 is 29.4 Å². The number of nitrogens with zero attached hydrogens (tertiary/aromatic N) is 2. The molecule has 0 saturated carbocycles. The van der Waals surface area contributed by atoms with E-state index >= 15 is 0 Å². The van der Waals surface area contributed by atoms with Gasteiger partial charge in [-0.05, 0) is 43.0 Å². The first-order valence-corrected chi connectivity index (χ1v) is 11.5. The lowest BCUT2D eigenvalue weighted by Crippen LogP contribution is -2.52. The van der Waals surface area contributed by atoms with Gasteiger partial charge in [-0.25, -0.2) is 13.6 Å². The van der Waals surface area contributed by atoms with Crippen molar-refractivity contribution in [2.24, 2.45) is 18.7 Å². The van der Waals surface area contributed by atoms with Gasteiger partial charge >= 0.3 is 6.03 Å². The predicted octanol–water partition coefficient (Wildman–Crippen LogP) is 1.72. The zero-order valence-electron chi connectivity index (χ0n) is 20.3. The number of aryl methyl sites for hydroxylation is 1. The van der Waals surface area contributed by atoms with E-state index in [4.69, 9.17) is 5.73 Å². The molecule has 0 unspecified atom stereocenters. The first-order chi connectivity index (χ1) is 17.0. The summed E-state index contributed by atoms with van der Waals surface area (Å²) in [5, 5.41) is 7.55. The monoisotopic (exact) mass is 504 g/mol. The second-order valence-corrected chi connectivity index (χ2v) is 9.23. The molecule has 3 rings (SSSR count). The van der Waals surface area contributed by atoms with Crippen LogP contribution in [0.4, 0.5) is 19.3 Å². The minimum atomic E-state index is -0.991. The van der Waals surface area contributed by atoms with Crippen LogP contribution in [0, 0.1) is 17.6 Å². The molecular weight excluding hydrogens is 474 g/mol. The molecule has 2 aromatic rings. The normalized spacial score (nSPS) is 18.1. The average Bonchev–Trinajstić information content (AvgIpc) is 3.40. The maximum atomic E-state index is 13.9. The quantitative estimate of drug-likeness (QED) is 0.435. The summed E-state index contributed by atoms with van der Waals surface area (Å²) in [6, 6.07) is 2.66. The number of carbonyl (C=O) groups is 4. The van der Waals surface area contributed by atoms with Crippen LogP contribution in [0.1, 0.15) is 37.2 Å². The molecule has 1 fully saturated rings. The third kappa shape index (κ3) is 6.37. The maximum absolute atomic E-state index is 13.9. The summed E-state index contributed by atoms with van der Waals surface area (Å²) in [5.74, 6) is -3.35. The van der Waals surface area contributed by atoms with Crippen LogP contribution in [-0.4, -0.2) is 57.9 Å². The summed E-state index contributed by atoms with van der Waals surface area (Å²) in [6.45, 7) is 3.75. The summed E-state index contributed by atoms with van der Waals surface area (Å²) in [6.07, 6.45) is 2.06. The van der Waals surface area contributed by atoms with Crippen molar-refractivity contribution in [1.29, 1.82) is 0 Å². The molecule has 0 aliphatic carbocycles. The Bertz CT molecular complexity index is 1150. The number of rotatable bonds is 8. The van der Waals surface area contributed by atoms with Gasteiger partial charge < -0.3 is 31.2 Å². The Morgan fingerprint density at radius 1 is 1.17 bits per heavy atom. The number of aromatic nitrogens is 1. The van der Waals surface area contributed by atoms with Gasteiger partial charge in [0.2, 0.25) is 11.8 Å². The van der Waals surface area contributed by atoms with Crippen LogP contribution in [0.15, 0.2) is 36.5 Å². The number of hydrogen-bond acceptors (Lipinski definition) is 4. The zero-order chi connectivity index (χ0) is 26.6. The first kappa shape index (κ1) is 26.6. The highest BCUT2D eigenvalue weighted by Gasteiger charge is 2.42. The highest BCUT2D eigenvalue weighted by molar-refractivity contribution is 5.98. The van der Waals surface area contributed by atoms with Crippen LogP contribution >= 0.6 is 0 Å². The molecule has 10 nitrogen and oxygen atoms in total. The molecule has 0 spiro atoms. The lowest BCUT2D eigenvalue weighted by Gasteiger charge is -2.26. The number of carbonyl (C=O) groups excluding carboxylic acids is 4. The van der Waals surface area contributed by atoms with E-state index in [2.05, 4.69) is 16.0 Å². The van der Waals surface area contributed by atoms with E-state index in [1.165, 1.54) is 4.90 Å². The Hall–Kier alpha value is -3.96. The third-order valence-corrected chi connectivity index (χ3v) is 5.91. The van der Waals surface area contributed by atoms with Crippen molar-refractivity contribution in [2.45, 2.75) is 44.8 Å². The SMILES string of the molecule is CC(C)C[C@H](NC(=O)[C@H]1C[C@H](NC(=O)Nc2ccc(F)cc2F)CN1C(=O)c1cccn1C)C(N)=O.